The third-order valence-corrected chi connectivity index (χ3v) is 5.81. The second kappa shape index (κ2) is 8.50. The Hall–Kier alpha value is -2.76. The normalized spacial score (nSPS) is 19.7. The lowest BCUT2D eigenvalue weighted by atomic mass is 9.93. The van der Waals surface area contributed by atoms with Crippen molar-refractivity contribution in [3.8, 4) is 0 Å². The maximum absolute atomic E-state index is 12.7. The fourth-order valence-electron chi connectivity index (χ4n) is 4.15. The van der Waals surface area contributed by atoms with Gasteiger partial charge in [-0.25, -0.2) is 4.79 Å². The van der Waals surface area contributed by atoms with Crippen LogP contribution in [0.15, 0.2) is 47.1 Å². The number of likely N-dealkylation sites (tertiary alicyclic amines) is 1. The van der Waals surface area contributed by atoms with Gasteiger partial charge in [0.2, 0.25) is 5.91 Å². The van der Waals surface area contributed by atoms with Crippen molar-refractivity contribution in [1.29, 1.82) is 0 Å². The number of piperidine rings is 1. The number of amides is 3. The number of benzene rings is 1. The van der Waals surface area contributed by atoms with Crippen molar-refractivity contribution in [2.45, 2.75) is 44.7 Å². The Bertz CT molecular complexity index is 809. The summed E-state index contributed by atoms with van der Waals surface area (Å²) in [6.07, 6.45) is 6.02. The molecule has 1 fully saturated rings. The van der Waals surface area contributed by atoms with Crippen LogP contribution in [-0.4, -0.2) is 29.9 Å². The van der Waals surface area contributed by atoms with Gasteiger partial charge < -0.3 is 20.0 Å². The minimum absolute atomic E-state index is 0.0251. The van der Waals surface area contributed by atoms with Crippen molar-refractivity contribution >= 4 is 11.9 Å². The molecule has 2 aromatic rings. The number of furan rings is 1. The van der Waals surface area contributed by atoms with E-state index in [-0.39, 0.29) is 23.9 Å². The predicted octanol–water partition coefficient (Wildman–Crippen LogP) is 3.40. The second-order valence-electron chi connectivity index (χ2n) is 7.66. The number of urea groups is 1. The van der Waals surface area contributed by atoms with Crippen molar-refractivity contribution < 1.29 is 14.0 Å². The number of hydrogen-bond acceptors (Lipinski definition) is 3. The van der Waals surface area contributed by atoms with E-state index in [1.165, 1.54) is 0 Å². The summed E-state index contributed by atoms with van der Waals surface area (Å²) in [5.41, 5.74) is 2.20. The maximum Gasteiger partial charge on any atom is 0.317 e. The summed E-state index contributed by atoms with van der Waals surface area (Å²) in [5.74, 6) is 1.05. The molecule has 1 aromatic carbocycles. The van der Waals surface area contributed by atoms with E-state index in [4.69, 9.17) is 4.42 Å². The molecule has 0 saturated carbocycles. The van der Waals surface area contributed by atoms with Gasteiger partial charge in [0.05, 0.1) is 12.3 Å². The summed E-state index contributed by atoms with van der Waals surface area (Å²) < 4.78 is 5.50. The average molecular weight is 381 g/mol. The fraction of sp³-hybridized carbons (Fsp3) is 0.455. The zero-order chi connectivity index (χ0) is 19.3. The Labute approximate surface area is 165 Å². The van der Waals surface area contributed by atoms with Gasteiger partial charge in [-0.3, -0.25) is 4.79 Å². The number of nitrogens with one attached hydrogen (secondary N) is 2. The maximum atomic E-state index is 12.7. The minimum atomic E-state index is -0.0396. The van der Waals surface area contributed by atoms with Crippen LogP contribution in [0.5, 0.6) is 0 Å². The number of fused-ring (bicyclic) bond motifs is 1. The SMILES string of the molecule is O=C(NCc1ccccc1)C1CCN(C(=O)NC2CCCc3occc32)CC1. The predicted molar refractivity (Wildman–Crippen MR) is 106 cm³/mol. The molecular formula is C22H27N3O3. The van der Waals surface area contributed by atoms with Crippen molar-refractivity contribution in [3.05, 3.63) is 59.5 Å². The quantitative estimate of drug-likeness (QED) is 0.852. The summed E-state index contributed by atoms with van der Waals surface area (Å²) in [6, 6.07) is 11.9. The molecule has 0 bridgehead atoms. The van der Waals surface area contributed by atoms with Crippen molar-refractivity contribution in [1.82, 2.24) is 15.5 Å². The van der Waals surface area contributed by atoms with Crippen LogP contribution in [0.25, 0.3) is 0 Å². The van der Waals surface area contributed by atoms with Crippen molar-refractivity contribution in [2.75, 3.05) is 13.1 Å². The highest BCUT2D eigenvalue weighted by Crippen LogP contribution is 2.30. The first-order valence-corrected chi connectivity index (χ1v) is 10.1. The van der Waals surface area contributed by atoms with E-state index in [0.717, 1.165) is 36.1 Å². The molecule has 2 aliphatic rings. The average Bonchev–Trinajstić information content (AvgIpc) is 3.23. The van der Waals surface area contributed by atoms with E-state index in [1.54, 1.807) is 6.26 Å². The number of rotatable bonds is 4. The molecule has 0 radical (unpaired) electrons. The van der Waals surface area contributed by atoms with Gasteiger partial charge in [-0.15, -0.1) is 0 Å². The number of nitrogens with zero attached hydrogens (tertiary/aromatic N) is 1. The molecular weight excluding hydrogens is 354 g/mol. The third kappa shape index (κ3) is 4.21. The van der Waals surface area contributed by atoms with Crippen molar-refractivity contribution in [2.24, 2.45) is 5.92 Å². The summed E-state index contributed by atoms with van der Waals surface area (Å²) in [6.45, 7) is 1.77. The fourth-order valence-corrected chi connectivity index (χ4v) is 4.15. The Morgan fingerprint density at radius 3 is 2.64 bits per heavy atom. The molecule has 2 heterocycles. The number of carbonyl (C=O) groups is 2. The number of aryl methyl sites for hydroxylation is 1. The van der Waals surface area contributed by atoms with Gasteiger partial charge in [0.25, 0.3) is 0 Å². The van der Waals surface area contributed by atoms with E-state index in [9.17, 15) is 9.59 Å². The lowest BCUT2D eigenvalue weighted by Gasteiger charge is -2.33. The van der Waals surface area contributed by atoms with Crippen LogP contribution in [0.3, 0.4) is 0 Å². The van der Waals surface area contributed by atoms with Gasteiger partial charge >= 0.3 is 6.03 Å². The Balaban J connectivity index is 1.24. The summed E-state index contributed by atoms with van der Waals surface area (Å²) in [4.78, 5) is 26.9. The minimum Gasteiger partial charge on any atom is -0.469 e. The van der Waals surface area contributed by atoms with E-state index in [1.807, 2.05) is 41.3 Å². The number of hydrogen-bond donors (Lipinski definition) is 2. The highest BCUT2D eigenvalue weighted by molar-refractivity contribution is 5.79. The molecule has 0 spiro atoms. The van der Waals surface area contributed by atoms with E-state index < -0.39 is 0 Å². The summed E-state index contributed by atoms with van der Waals surface area (Å²) >= 11 is 0. The molecule has 3 amide bonds. The largest absolute Gasteiger partial charge is 0.469 e. The smallest absolute Gasteiger partial charge is 0.317 e. The third-order valence-electron chi connectivity index (χ3n) is 5.81. The molecule has 2 N–H and O–H groups in total. The molecule has 6 nitrogen and oxygen atoms in total. The molecule has 4 rings (SSSR count). The summed E-state index contributed by atoms with van der Waals surface area (Å²) in [7, 11) is 0. The molecule has 1 aromatic heterocycles. The van der Waals surface area contributed by atoms with Crippen LogP contribution >= 0.6 is 0 Å². The molecule has 6 heteroatoms. The molecule has 1 atom stereocenters. The van der Waals surface area contributed by atoms with Crippen LogP contribution in [0.4, 0.5) is 4.79 Å². The van der Waals surface area contributed by atoms with Gasteiger partial charge in [0, 0.05) is 37.5 Å². The first-order chi connectivity index (χ1) is 13.7. The zero-order valence-corrected chi connectivity index (χ0v) is 16.0. The van der Waals surface area contributed by atoms with Crippen LogP contribution in [0.1, 0.15) is 48.6 Å². The molecule has 1 aliphatic heterocycles. The topological polar surface area (TPSA) is 74.6 Å². The lowest BCUT2D eigenvalue weighted by molar-refractivity contribution is -0.126. The highest BCUT2D eigenvalue weighted by Gasteiger charge is 2.30. The first kappa shape index (κ1) is 18.6. The molecule has 1 unspecified atom stereocenters. The Morgan fingerprint density at radius 2 is 1.86 bits per heavy atom. The zero-order valence-electron chi connectivity index (χ0n) is 16.0. The monoisotopic (exact) mass is 381 g/mol. The van der Waals surface area contributed by atoms with E-state index >= 15 is 0 Å². The standard InChI is InChI=1S/C22H27N3O3/c26-21(23-15-16-5-2-1-3-6-16)17-9-12-25(13-10-17)22(27)24-19-7-4-8-20-18(19)11-14-28-20/h1-3,5-6,11,14,17,19H,4,7-10,12-13,15H2,(H,23,26)(H,24,27). The Kier molecular flexibility index (Phi) is 5.65. The van der Waals surface area contributed by atoms with Gasteiger partial charge in [-0.1, -0.05) is 30.3 Å². The number of carbonyl (C=O) groups excluding carboxylic acids is 2. The molecule has 148 valence electrons. The lowest BCUT2D eigenvalue weighted by Crippen LogP contribution is -2.47. The van der Waals surface area contributed by atoms with Crippen molar-refractivity contribution in [3.63, 3.8) is 0 Å². The molecule has 1 aliphatic carbocycles. The first-order valence-electron chi connectivity index (χ1n) is 10.1. The van der Waals surface area contributed by atoms with Crippen LogP contribution < -0.4 is 10.6 Å². The van der Waals surface area contributed by atoms with E-state index in [0.29, 0.717) is 32.5 Å². The van der Waals surface area contributed by atoms with Gasteiger partial charge in [0.1, 0.15) is 5.76 Å². The van der Waals surface area contributed by atoms with Gasteiger partial charge in [0.15, 0.2) is 0 Å². The van der Waals surface area contributed by atoms with E-state index in [2.05, 4.69) is 10.6 Å². The second-order valence-corrected chi connectivity index (χ2v) is 7.66. The Morgan fingerprint density at radius 1 is 1.07 bits per heavy atom. The molecule has 28 heavy (non-hydrogen) atoms. The van der Waals surface area contributed by atoms with Gasteiger partial charge in [-0.2, -0.15) is 0 Å². The summed E-state index contributed by atoms with van der Waals surface area (Å²) in [5, 5.41) is 6.17. The van der Waals surface area contributed by atoms with Crippen LogP contribution in [0.2, 0.25) is 0 Å². The van der Waals surface area contributed by atoms with Gasteiger partial charge in [-0.05, 0) is 37.3 Å². The highest BCUT2D eigenvalue weighted by atomic mass is 16.3. The molecule has 1 saturated heterocycles. The van der Waals surface area contributed by atoms with Crippen LogP contribution in [-0.2, 0) is 17.8 Å². The van der Waals surface area contributed by atoms with Crippen LogP contribution in [0, 0.1) is 5.92 Å².